The van der Waals surface area contributed by atoms with Crippen molar-refractivity contribution in [2.75, 3.05) is 4.90 Å². The van der Waals surface area contributed by atoms with Crippen LogP contribution in [0.25, 0.3) is 43.8 Å². The third-order valence-corrected chi connectivity index (χ3v) is 10.7. The van der Waals surface area contributed by atoms with Gasteiger partial charge in [0.1, 0.15) is 22.7 Å². The van der Waals surface area contributed by atoms with Crippen LogP contribution >= 0.6 is 0 Å². The van der Waals surface area contributed by atoms with Crippen LogP contribution in [-0.4, -0.2) is 0 Å². The highest BCUT2D eigenvalue weighted by Crippen LogP contribution is 2.61. The monoisotopic (exact) mass is 639 g/mol. The quantitative estimate of drug-likeness (QED) is 0.192. The fraction of sp³-hybridized carbons (Fsp3) is 0.0213. The molecule has 234 valence electrons. The van der Waals surface area contributed by atoms with Crippen molar-refractivity contribution in [1.29, 1.82) is 0 Å². The molecule has 9 aromatic rings. The molecule has 0 saturated heterocycles. The molecule has 3 nitrogen and oxygen atoms in total. The van der Waals surface area contributed by atoms with Crippen molar-refractivity contribution in [1.82, 2.24) is 0 Å². The van der Waals surface area contributed by atoms with Crippen molar-refractivity contribution < 1.29 is 9.15 Å². The first-order valence-corrected chi connectivity index (χ1v) is 17.1. The largest absolute Gasteiger partial charge is 0.457 e. The Labute approximate surface area is 289 Å². The third-order valence-electron chi connectivity index (χ3n) is 10.7. The first kappa shape index (κ1) is 27.4. The van der Waals surface area contributed by atoms with Crippen LogP contribution < -0.4 is 9.64 Å². The van der Waals surface area contributed by atoms with E-state index in [0.717, 1.165) is 61.6 Å². The topological polar surface area (TPSA) is 25.6 Å². The van der Waals surface area contributed by atoms with Gasteiger partial charge in [0.2, 0.25) is 0 Å². The summed E-state index contributed by atoms with van der Waals surface area (Å²) in [5, 5.41) is 4.77. The molecular formula is C47H29NO2. The first-order valence-electron chi connectivity index (χ1n) is 17.1. The number of furan rings is 1. The molecule has 2 heterocycles. The summed E-state index contributed by atoms with van der Waals surface area (Å²) in [6.07, 6.45) is 0. The van der Waals surface area contributed by atoms with E-state index in [1.54, 1.807) is 0 Å². The number of fused-ring (bicyclic) bond motifs is 11. The fourth-order valence-corrected chi connectivity index (χ4v) is 8.70. The highest BCUT2D eigenvalue weighted by Gasteiger charge is 2.49. The normalized spacial score (nSPS) is 15.4. The van der Waals surface area contributed by atoms with Crippen LogP contribution in [0.1, 0.15) is 22.3 Å². The zero-order valence-corrected chi connectivity index (χ0v) is 27.0. The summed E-state index contributed by atoms with van der Waals surface area (Å²) in [7, 11) is 0. The minimum absolute atomic E-state index is 0.572. The van der Waals surface area contributed by atoms with Gasteiger partial charge in [-0.15, -0.1) is 0 Å². The summed E-state index contributed by atoms with van der Waals surface area (Å²) in [5.41, 5.74) is 11.6. The molecule has 0 amide bonds. The molecule has 1 unspecified atom stereocenters. The van der Waals surface area contributed by atoms with Gasteiger partial charge in [-0.05, 0) is 75.5 Å². The molecule has 1 aromatic heterocycles. The molecule has 1 spiro atoms. The molecule has 8 aromatic carbocycles. The van der Waals surface area contributed by atoms with Gasteiger partial charge in [0.25, 0.3) is 0 Å². The van der Waals surface area contributed by atoms with Crippen LogP contribution in [0.4, 0.5) is 17.1 Å². The Morgan fingerprint density at radius 3 is 1.98 bits per heavy atom. The maximum Gasteiger partial charge on any atom is 0.137 e. The van der Waals surface area contributed by atoms with E-state index in [1.165, 1.54) is 33.0 Å². The van der Waals surface area contributed by atoms with Gasteiger partial charge in [-0.3, -0.25) is 0 Å². The van der Waals surface area contributed by atoms with Crippen molar-refractivity contribution in [3.8, 4) is 22.6 Å². The van der Waals surface area contributed by atoms with Crippen LogP contribution in [0, 0.1) is 0 Å². The van der Waals surface area contributed by atoms with Gasteiger partial charge in [-0.25, -0.2) is 0 Å². The van der Waals surface area contributed by atoms with Crippen LogP contribution in [0.2, 0.25) is 0 Å². The average Bonchev–Trinajstić information content (AvgIpc) is 3.55. The van der Waals surface area contributed by atoms with Crippen molar-refractivity contribution in [2.45, 2.75) is 5.41 Å². The molecule has 1 aliphatic carbocycles. The third kappa shape index (κ3) is 3.64. The fourth-order valence-electron chi connectivity index (χ4n) is 8.70. The molecule has 0 saturated carbocycles. The summed E-state index contributed by atoms with van der Waals surface area (Å²) in [6, 6.07) is 62.9. The summed E-state index contributed by atoms with van der Waals surface area (Å²) in [5.74, 6) is 1.72. The van der Waals surface area contributed by atoms with Gasteiger partial charge in [-0.2, -0.15) is 0 Å². The van der Waals surface area contributed by atoms with Crippen molar-refractivity contribution in [3.63, 3.8) is 0 Å². The Bertz CT molecular complexity index is 2810. The van der Waals surface area contributed by atoms with Gasteiger partial charge >= 0.3 is 0 Å². The minimum Gasteiger partial charge on any atom is -0.457 e. The first-order chi connectivity index (χ1) is 24.8. The van der Waals surface area contributed by atoms with Gasteiger partial charge in [-0.1, -0.05) is 121 Å². The minimum atomic E-state index is -0.572. The van der Waals surface area contributed by atoms with Crippen molar-refractivity contribution >= 4 is 49.8 Å². The number of anilines is 3. The Hall–Kier alpha value is -6.58. The Morgan fingerprint density at radius 1 is 0.400 bits per heavy atom. The Balaban J connectivity index is 1.18. The molecule has 1 atom stereocenters. The predicted molar refractivity (Wildman–Crippen MR) is 203 cm³/mol. The predicted octanol–water partition coefficient (Wildman–Crippen LogP) is 12.7. The zero-order chi connectivity index (χ0) is 32.8. The molecule has 0 fully saturated rings. The highest BCUT2D eigenvalue weighted by atomic mass is 16.5. The lowest BCUT2D eigenvalue weighted by Gasteiger charge is -2.45. The number of ether oxygens (including phenoxy) is 1. The number of benzene rings is 8. The number of nitrogens with zero attached hydrogens (tertiary/aromatic N) is 1. The molecule has 50 heavy (non-hydrogen) atoms. The molecular weight excluding hydrogens is 611 g/mol. The molecule has 1 aliphatic heterocycles. The lowest BCUT2D eigenvalue weighted by Crippen LogP contribution is -2.36. The maximum atomic E-state index is 6.93. The van der Waals surface area contributed by atoms with Crippen LogP contribution in [0.3, 0.4) is 0 Å². The Kier molecular flexibility index (Phi) is 5.59. The number of rotatable bonds is 3. The molecule has 3 heteroatoms. The number of hydrogen-bond donors (Lipinski definition) is 0. The van der Waals surface area contributed by atoms with Crippen LogP contribution in [0.5, 0.6) is 11.5 Å². The standard InChI is InChI=1S/C47H29NO2/c1-2-14-31(15-3-1)48(32-24-26-36-35-17-5-8-22-42(35)49-44(36)28-32)33-25-27-40-45(29-33)50-43-23-9-7-20-39(43)47(40)38-19-6-4-16-34(38)37-18-10-12-30-13-11-21-41(47)46(30)37/h1-29H. The summed E-state index contributed by atoms with van der Waals surface area (Å²) in [6.45, 7) is 0. The van der Waals surface area contributed by atoms with E-state index >= 15 is 0 Å². The smallest absolute Gasteiger partial charge is 0.137 e. The lowest BCUT2D eigenvalue weighted by molar-refractivity contribution is 0.435. The van der Waals surface area contributed by atoms with E-state index in [0.29, 0.717) is 0 Å². The van der Waals surface area contributed by atoms with E-state index < -0.39 is 5.41 Å². The second-order valence-electron chi connectivity index (χ2n) is 13.2. The molecule has 0 bridgehead atoms. The van der Waals surface area contributed by atoms with Gasteiger partial charge in [0.05, 0.1) is 5.41 Å². The zero-order valence-electron chi connectivity index (χ0n) is 27.0. The average molecular weight is 640 g/mol. The van der Waals surface area contributed by atoms with E-state index in [1.807, 2.05) is 12.1 Å². The van der Waals surface area contributed by atoms with Crippen LogP contribution in [-0.2, 0) is 5.41 Å². The summed E-state index contributed by atoms with van der Waals surface area (Å²) >= 11 is 0. The molecule has 0 N–H and O–H groups in total. The van der Waals surface area contributed by atoms with Crippen molar-refractivity contribution in [3.05, 3.63) is 198 Å². The summed E-state index contributed by atoms with van der Waals surface area (Å²) < 4.78 is 13.3. The Morgan fingerprint density at radius 2 is 1.06 bits per heavy atom. The second-order valence-corrected chi connectivity index (χ2v) is 13.2. The maximum absolute atomic E-state index is 6.93. The van der Waals surface area contributed by atoms with Gasteiger partial charge in [0, 0.05) is 51.1 Å². The highest BCUT2D eigenvalue weighted by molar-refractivity contribution is 6.07. The number of hydrogen-bond acceptors (Lipinski definition) is 3. The van der Waals surface area contributed by atoms with E-state index in [2.05, 4.69) is 169 Å². The second kappa shape index (κ2) is 10.2. The van der Waals surface area contributed by atoms with E-state index in [-0.39, 0.29) is 0 Å². The SMILES string of the molecule is c1ccc(N(c2ccc3c(c2)Oc2ccccc2C32c3ccccc3-c3cccc4cccc2c34)c2ccc3c(c2)oc2ccccc23)cc1. The number of para-hydroxylation sites is 3. The van der Waals surface area contributed by atoms with E-state index in [4.69, 9.17) is 9.15 Å². The van der Waals surface area contributed by atoms with Crippen molar-refractivity contribution in [2.24, 2.45) is 0 Å². The molecule has 11 rings (SSSR count). The van der Waals surface area contributed by atoms with Gasteiger partial charge in [0.15, 0.2) is 0 Å². The molecule has 0 radical (unpaired) electrons. The van der Waals surface area contributed by atoms with Gasteiger partial charge < -0.3 is 14.1 Å². The summed E-state index contributed by atoms with van der Waals surface area (Å²) in [4.78, 5) is 2.29. The van der Waals surface area contributed by atoms with E-state index in [9.17, 15) is 0 Å². The van der Waals surface area contributed by atoms with Crippen LogP contribution in [0.15, 0.2) is 180 Å². The lowest BCUT2D eigenvalue weighted by atomic mass is 9.58. The molecule has 2 aliphatic rings.